The van der Waals surface area contributed by atoms with Crippen molar-refractivity contribution >= 4 is 23.3 Å². The fourth-order valence-electron chi connectivity index (χ4n) is 2.18. The van der Waals surface area contributed by atoms with Crippen LogP contribution in [0.2, 0.25) is 5.02 Å². The molecule has 110 valence electrons. The van der Waals surface area contributed by atoms with Crippen LogP contribution in [-0.2, 0) is 4.74 Å². The molecule has 1 atom stereocenters. The highest BCUT2D eigenvalue weighted by molar-refractivity contribution is 6.33. The Balaban J connectivity index is 2.11. The van der Waals surface area contributed by atoms with E-state index in [9.17, 15) is 4.79 Å². The summed E-state index contributed by atoms with van der Waals surface area (Å²) in [6.45, 7) is 4.61. The van der Waals surface area contributed by atoms with Gasteiger partial charge in [-0.25, -0.2) is 4.79 Å². The summed E-state index contributed by atoms with van der Waals surface area (Å²) in [7, 11) is 0. The molecule has 0 aliphatic carbocycles. The van der Waals surface area contributed by atoms with Crippen molar-refractivity contribution in [3.8, 4) is 0 Å². The lowest BCUT2D eigenvalue weighted by Gasteiger charge is -2.29. The van der Waals surface area contributed by atoms with Crippen LogP contribution in [0.15, 0.2) is 54.6 Å². The normalized spacial score (nSPS) is 11.8. The zero-order valence-electron chi connectivity index (χ0n) is 12.1. The number of nitrogens with zero attached hydrogens (tertiary/aromatic N) is 1. The Morgan fingerprint density at radius 1 is 1.14 bits per heavy atom. The third-order valence-corrected chi connectivity index (χ3v) is 3.57. The van der Waals surface area contributed by atoms with E-state index in [4.69, 9.17) is 16.3 Å². The van der Waals surface area contributed by atoms with Gasteiger partial charge < -0.3 is 9.64 Å². The molecule has 2 aromatic carbocycles. The summed E-state index contributed by atoms with van der Waals surface area (Å²) in [6.07, 6.45) is -0.374. The van der Waals surface area contributed by atoms with Gasteiger partial charge in [0.05, 0.1) is 10.6 Å². The van der Waals surface area contributed by atoms with E-state index in [2.05, 4.69) is 0 Å². The maximum Gasteiger partial charge on any atom is 0.341 e. The summed E-state index contributed by atoms with van der Waals surface area (Å²) >= 11 is 6.02. The maximum absolute atomic E-state index is 12.2. The molecule has 4 heteroatoms. The first-order valence-electron chi connectivity index (χ1n) is 6.90. The van der Waals surface area contributed by atoms with Crippen molar-refractivity contribution in [2.75, 3.05) is 11.4 Å². The highest BCUT2D eigenvalue weighted by Crippen LogP contribution is 2.20. The number of hydrogen-bond donors (Lipinski definition) is 0. The Kier molecular flexibility index (Phi) is 5.23. The van der Waals surface area contributed by atoms with Gasteiger partial charge in [-0.2, -0.15) is 0 Å². The van der Waals surface area contributed by atoms with Crippen molar-refractivity contribution in [2.45, 2.75) is 20.1 Å². The third-order valence-electron chi connectivity index (χ3n) is 3.24. The first-order valence-corrected chi connectivity index (χ1v) is 7.28. The van der Waals surface area contributed by atoms with Crippen LogP contribution in [0.5, 0.6) is 0 Å². The van der Waals surface area contributed by atoms with Gasteiger partial charge in [-0.3, -0.25) is 0 Å². The molecule has 3 nitrogen and oxygen atoms in total. The van der Waals surface area contributed by atoms with E-state index < -0.39 is 5.97 Å². The minimum atomic E-state index is -0.414. The van der Waals surface area contributed by atoms with Crippen LogP contribution >= 0.6 is 11.6 Å². The molecule has 21 heavy (non-hydrogen) atoms. The molecule has 1 unspecified atom stereocenters. The minimum absolute atomic E-state index is 0.374. The van der Waals surface area contributed by atoms with E-state index in [1.807, 2.05) is 49.1 Å². The molecule has 0 aliphatic rings. The van der Waals surface area contributed by atoms with Crippen LogP contribution < -0.4 is 4.90 Å². The lowest BCUT2D eigenvalue weighted by Crippen LogP contribution is -2.36. The SMILES string of the molecule is CCN(c1ccccc1)C(C)OC(=O)c1ccccc1Cl. The van der Waals surface area contributed by atoms with E-state index in [0.717, 1.165) is 12.2 Å². The quantitative estimate of drug-likeness (QED) is 0.607. The molecule has 0 radical (unpaired) electrons. The molecule has 0 N–H and O–H groups in total. The van der Waals surface area contributed by atoms with Gasteiger partial charge in [-0.1, -0.05) is 41.9 Å². The first-order chi connectivity index (χ1) is 10.1. The predicted molar refractivity (Wildman–Crippen MR) is 85.8 cm³/mol. The number of esters is 1. The molecule has 0 heterocycles. The Morgan fingerprint density at radius 3 is 2.38 bits per heavy atom. The number of para-hydroxylation sites is 1. The highest BCUT2D eigenvalue weighted by Gasteiger charge is 2.19. The Morgan fingerprint density at radius 2 is 1.76 bits per heavy atom. The second kappa shape index (κ2) is 7.14. The molecule has 0 amide bonds. The lowest BCUT2D eigenvalue weighted by molar-refractivity contribution is 0.0336. The standard InChI is InChI=1S/C17H18ClNO2/c1-3-19(14-9-5-4-6-10-14)13(2)21-17(20)15-11-7-8-12-16(15)18/h4-13H,3H2,1-2H3. The molecule has 0 aromatic heterocycles. The molecule has 0 aliphatic heterocycles. The smallest absolute Gasteiger partial charge is 0.341 e. The zero-order chi connectivity index (χ0) is 15.2. The van der Waals surface area contributed by atoms with Crippen molar-refractivity contribution in [3.63, 3.8) is 0 Å². The molecule has 0 saturated heterocycles. The monoisotopic (exact) mass is 303 g/mol. The molecule has 0 fully saturated rings. The van der Waals surface area contributed by atoms with Crippen LogP contribution in [0, 0.1) is 0 Å². The summed E-state index contributed by atoms with van der Waals surface area (Å²) < 4.78 is 5.53. The van der Waals surface area contributed by atoms with Gasteiger partial charge in [0.2, 0.25) is 0 Å². The van der Waals surface area contributed by atoms with Crippen molar-refractivity contribution in [1.29, 1.82) is 0 Å². The maximum atomic E-state index is 12.2. The van der Waals surface area contributed by atoms with Crippen molar-refractivity contribution < 1.29 is 9.53 Å². The van der Waals surface area contributed by atoms with Crippen LogP contribution in [0.3, 0.4) is 0 Å². The topological polar surface area (TPSA) is 29.5 Å². The Labute approximate surface area is 130 Å². The van der Waals surface area contributed by atoms with E-state index in [-0.39, 0.29) is 6.23 Å². The number of ether oxygens (including phenoxy) is 1. The van der Waals surface area contributed by atoms with Crippen molar-refractivity contribution in [1.82, 2.24) is 0 Å². The summed E-state index contributed by atoms with van der Waals surface area (Å²) in [5.74, 6) is -0.414. The average molecular weight is 304 g/mol. The molecule has 0 saturated carbocycles. The van der Waals surface area contributed by atoms with Crippen molar-refractivity contribution in [3.05, 3.63) is 65.2 Å². The fourth-order valence-corrected chi connectivity index (χ4v) is 2.39. The second-order valence-electron chi connectivity index (χ2n) is 4.61. The number of halogens is 1. The Hall–Kier alpha value is -2.00. The van der Waals surface area contributed by atoms with E-state index in [1.54, 1.807) is 24.3 Å². The van der Waals surface area contributed by atoms with E-state index in [1.165, 1.54) is 0 Å². The fraction of sp³-hybridized carbons (Fsp3) is 0.235. The largest absolute Gasteiger partial charge is 0.438 e. The number of benzene rings is 2. The van der Waals surface area contributed by atoms with Gasteiger partial charge in [0.1, 0.15) is 0 Å². The predicted octanol–water partition coefficient (Wildman–Crippen LogP) is 4.37. The number of anilines is 1. The summed E-state index contributed by atoms with van der Waals surface area (Å²) in [5.41, 5.74) is 1.40. The molecule has 2 rings (SSSR count). The molecular weight excluding hydrogens is 286 g/mol. The van der Waals surface area contributed by atoms with Crippen LogP contribution in [0.25, 0.3) is 0 Å². The van der Waals surface area contributed by atoms with Gasteiger partial charge in [-0.15, -0.1) is 0 Å². The molecular formula is C17H18ClNO2. The van der Waals surface area contributed by atoms with Gasteiger partial charge in [0.25, 0.3) is 0 Å². The zero-order valence-corrected chi connectivity index (χ0v) is 12.9. The second-order valence-corrected chi connectivity index (χ2v) is 5.01. The van der Waals surface area contributed by atoms with Gasteiger partial charge >= 0.3 is 5.97 Å². The van der Waals surface area contributed by atoms with E-state index >= 15 is 0 Å². The first kappa shape index (κ1) is 15.4. The van der Waals surface area contributed by atoms with Crippen LogP contribution in [0.4, 0.5) is 5.69 Å². The lowest BCUT2D eigenvalue weighted by atomic mass is 10.2. The van der Waals surface area contributed by atoms with Gasteiger partial charge in [-0.05, 0) is 38.1 Å². The van der Waals surface area contributed by atoms with Gasteiger partial charge in [0.15, 0.2) is 6.23 Å². The number of carbonyl (C=O) groups excluding carboxylic acids is 1. The molecule has 0 bridgehead atoms. The summed E-state index contributed by atoms with van der Waals surface area (Å²) in [5, 5.41) is 0.400. The molecule has 2 aromatic rings. The average Bonchev–Trinajstić information content (AvgIpc) is 2.49. The summed E-state index contributed by atoms with van der Waals surface area (Å²) in [4.78, 5) is 14.2. The minimum Gasteiger partial charge on any atom is -0.438 e. The Bertz CT molecular complexity index is 601. The highest BCUT2D eigenvalue weighted by atomic mass is 35.5. The summed E-state index contributed by atoms with van der Waals surface area (Å²) in [6, 6.07) is 16.7. The van der Waals surface area contributed by atoms with Crippen LogP contribution in [0.1, 0.15) is 24.2 Å². The number of carbonyl (C=O) groups is 1. The van der Waals surface area contributed by atoms with E-state index in [0.29, 0.717) is 10.6 Å². The number of rotatable bonds is 5. The van der Waals surface area contributed by atoms with Gasteiger partial charge in [0, 0.05) is 12.2 Å². The molecule has 0 spiro atoms. The van der Waals surface area contributed by atoms with Crippen molar-refractivity contribution in [2.24, 2.45) is 0 Å². The van der Waals surface area contributed by atoms with Crippen LogP contribution in [-0.4, -0.2) is 18.7 Å². The number of hydrogen-bond acceptors (Lipinski definition) is 3. The third kappa shape index (κ3) is 3.76.